The Morgan fingerprint density at radius 1 is 0.327 bits per heavy atom. The highest BCUT2D eigenvalue weighted by molar-refractivity contribution is 7.22. The molecule has 52 heavy (non-hydrogen) atoms. The molecule has 0 N–H and O–H groups in total. The average Bonchev–Trinajstić information content (AvgIpc) is 3.83. The minimum atomic E-state index is 0.882. The highest BCUT2D eigenvalue weighted by atomic mass is 32.1. The van der Waals surface area contributed by atoms with Crippen LogP contribution >= 0.6 is 22.7 Å². The highest BCUT2D eigenvalue weighted by Crippen LogP contribution is 2.53. The fraction of sp³-hybridized carbons (Fsp3) is 0. The van der Waals surface area contributed by atoms with Crippen LogP contribution in [0.5, 0.6) is 23.0 Å². The topological polar surface area (TPSA) is 18.5 Å². The molecule has 10 aromatic rings. The lowest BCUT2D eigenvalue weighted by Gasteiger charge is -2.24. The maximum Gasteiger partial charge on any atom is 0.135 e. The van der Waals surface area contributed by atoms with Crippen molar-refractivity contribution in [3.8, 4) is 77.3 Å². The van der Waals surface area contributed by atoms with Crippen molar-refractivity contribution in [2.75, 3.05) is 0 Å². The minimum Gasteiger partial charge on any atom is -0.456 e. The summed E-state index contributed by atoms with van der Waals surface area (Å²) in [7, 11) is 0. The number of ether oxygens (including phenoxy) is 2. The summed E-state index contributed by atoms with van der Waals surface area (Å²) in [5.74, 6) is 3.58. The van der Waals surface area contributed by atoms with Crippen molar-refractivity contribution in [3.63, 3.8) is 0 Å². The molecule has 8 aromatic carbocycles. The van der Waals surface area contributed by atoms with E-state index >= 15 is 0 Å². The van der Waals surface area contributed by atoms with Crippen LogP contribution < -0.4 is 9.47 Å². The molecule has 0 saturated heterocycles. The molecule has 2 aromatic heterocycles. The Morgan fingerprint density at radius 2 is 0.788 bits per heavy atom. The maximum atomic E-state index is 6.61. The summed E-state index contributed by atoms with van der Waals surface area (Å²) in [5.41, 5.74) is 9.39. The van der Waals surface area contributed by atoms with E-state index in [-0.39, 0.29) is 0 Å². The summed E-state index contributed by atoms with van der Waals surface area (Å²) in [6.45, 7) is 0. The minimum absolute atomic E-state index is 0.882. The highest BCUT2D eigenvalue weighted by Gasteiger charge is 2.25. The first-order valence-corrected chi connectivity index (χ1v) is 19.1. The largest absolute Gasteiger partial charge is 0.456 e. The van der Waals surface area contributed by atoms with Crippen LogP contribution in [0, 0.1) is 0 Å². The van der Waals surface area contributed by atoms with E-state index in [0.29, 0.717) is 0 Å². The molecule has 242 valence electrons. The number of thiophene rings is 2. The third kappa shape index (κ3) is 4.11. The molecule has 0 bridgehead atoms. The molecule has 0 radical (unpaired) electrons. The molecule has 12 rings (SSSR count). The van der Waals surface area contributed by atoms with Gasteiger partial charge in [0, 0.05) is 41.1 Å². The van der Waals surface area contributed by atoms with Gasteiger partial charge in [0.15, 0.2) is 0 Å². The van der Waals surface area contributed by atoms with Crippen molar-refractivity contribution >= 4 is 64.4 Å². The van der Waals surface area contributed by atoms with E-state index in [0.717, 1.165) is 45.3 Å². The molecular formula is C48H26O2S2. The third-order valence-electron chi connectivity index (χ3n) is 10.7. The molecule has 0 unspecified atom stereocenters. The fourth-order valence-corrected chi connectivity index (χ4v) is 10.5. The van der Waals surface area contributed by atoms with Gasteiger partial charge < -0.3 is 9.47 Å². The smallest absolute Gasteiger partial charge is 0.135 e. The van der Waals surface area contributed by atoms with Gasteiger partial charge in [-0.1, -0.05) is 97.1 Å². The van der Waals surface area contributed by atoms with Crippen molar-refractivity contribution in [1.29, 1.82) is 0 Å². The Bertz CT molecular complexity index is 2870. The molecule has 0 saturated carbocycles. The lowest BCUT2D eigenvalue weighted by molar-refractivity contribution is 0.486. The van der Waals surface area contributed by atoms with E-state index < -0.39 is 0 Å². The molecule has 2 aliphatic rings. The first-order valence-electron chi connectivity index (χ1n) is 17.5. The molecule has 4 heteroatoms. The quantitative estimate of drug-likeness (QED) is 0.183. The second-order valence-electron chi connectivity index (χ2n) is 13.6. The zero-order valence-corrected chi connectivity index (χ0v) is 29.3. The number of benzene rings is 8. The first-order chi connectivity index (χ1) is 25.7. The van der Waals surface area contributed by atoms with Crippen LogP contribution in [0.4, 0.5) is 0 Å². The van der Waals surface area contributed by atoms with Gasteiger partial charge in [-0.3, -0.25) is 0 Å². The number of rotatable bonds is 3. The average molecular weight is 699 g/mol. The molecule has 0 aliphatic carbocycles. The molecule has 2 aliphatic heterocycles. The Morgan fingerprint density at radius 3 is 1.27 bits per heavy atom. The Labute approximate surface area is 307 Å². The van der Waals surface area contributed by atoms with E-state index in [2.05, 4.69) is 158 Å². The zero-order valence-electron chi connectivity index (χ0n) is 27.6. The van der Waals surface area contributed by atoms with Gasteiger partial charge in [-0.25, -0.2) is 0 Å². The third-order valence-corrected chi connectivity index (χ3v) is 13.0. The van der Waals surface area contributed by atoms with Gasteiger partial charge in [0.2, 0.25) is 0 Å². The fourth-order valence-electron chi connectivity index (χ4n) is 8.28. The summed E-state index contributed by atoms with van der Waals surface area (Å²) in [6.07, 6.45) is 0. The summed E-state index contributed by atoms with van der Waals surface area (Å²) in [6, 6.07) is 57.0. The molecular weight excluding hydrogens is 673 g/mol. The van der Waals surface area contributed by atoms with Gasteiger partial charge >= 0.3 is 0 Å². The number of fused-ring (bicyclic) bond motifs is 6. The van der Waals surface area contributed by atoms with Crippen molar-refractivity contribution in [2.45, 2.75) is 0 Å². The Kier molecular flexibility index (Phi) is 5.84. The van der Waals surface area contributed by atoms with Crippen molar-refractivity contribution < 1.29 is 9.47 Å². The normalized spacial score (nSPS) is 12.5. The van der Waals surface area contributed by atoms with Gasteiger partial charge in [0.25, 0.3) is 0 Å². The van der Waals surface area contributed by atoms with E-state index in [4.69, 9.17) is 9.47 Å². The van der Waals surface area contributed by atoms with Gasteiger partial charge in [0.1, 0.15) is 23.0 Å². The second-order valence-corrected chi connectivity index (χ2v) is 15.8. The Balaban J connectivity index is 0.978. The number of hydrogen-bond acceptors (Lipinski definition) is 4. The maximum absolute atomic E-state index is 6.61. The van der Waals surface area contributed by atoms with Gasteiger partial charge in [-0.15, -0.1) is 22.7 Å². The van der Waals surface area contributed by atoms with Crippen molar-refractivity contribution in [2.24, 2.45) is 0 Å². The van der Waals surface area contributed by atoms with Crippen molar-refractivity contribution in [1.82, 2.24) is 0 Å². The van der Waals surface area contributed by atoms with E-state index in [9.17, 15) is 0 Å². The predicted octanol–water partition coefficient (Wildman–Crippen LogP) is 15.0. The molecule has 4 heterocycles. The van der Waals surface area contributed by atoms with Crippen LogP contribution in [0.25, 0.3) is 96.0 Å². The van der Waals surface area contributed by atoms with Gasteiger partial charge in [-0.05, 0) is 116 Å². The molecule has 0 fully saturated rings. The van der Waals surface area contributed by atoms with E-state index in [1.54, 1.807) is 0 Å². The molecule has 0 atom stereocenters. The molecule has 2 nitrogen and oxygen atoms in total. The van der Waals surface area contributed by atoms with Crippen LogP contribution in [-0.2, 0) is 0 Å². The lowest BCUT2D eigenvalue weighted by Crippen LogP contribution is -1.99. The summed E-state index contributed by atoms with van der Waals surface area (Å²) >= 11 is 3.69. The van der Waals surface area contributed by atoms with Crippen molar-refractivity contribution in [3.05, 3.63) is 158 Å². The van der Waals surface area contributed by atoms with Crippen LogP contribution in [0.2, 0.25) is 0 Å². The standard InChI is InChI=1S/C48H26O2S2/c1-3-13-43-29(7-1)25-45(51-43)31-17-19-35-37-23-27(15-21-39(37)49-41-11-5-9-33(31)47(35)41)28-16-22-40-38(24-28)36-20-18-32(34-10-6-12-42(50-40)48(34)36)46-26-30-8-2-4-14-44(30)52-46/h1-26H. The van der Waals surface area contributed by atoms with E-state index in [1.165, 1.54) is 73.7 Å². The van der Waals surface area contributed by atoms with Gasteiger partial charge in [0.05, 0.1) is 0 Å². The second kappa shape index (κ2) is 10.7. The number of hydrogen-bond donors (Lipinski definition) is 0. The predicted molar refractivity (Wildman–Crippen MR) is 220 cm³/mol. The summed E-state index contributed by atoms with van der Waals surface area (Å²) in [4.78, 5) is 2.54. The monoisotopic (exact) mass is 698 g/mol. The van der Waals surface area contributed by atoms with Gasteiger partial charge in [-0.2, -0.15) is 0 Å². The lowest BCUT2D eigenvalue weighted by atomic mass is 9.88. The Hall–Kier alpha value is -6.20. The van der Waals surface area contributed by atoms with E-state index in [1.807, 2.05) is 22.7 Å². The van der Waals surface area contributed by atoms with Crippen LogP contribution in [0.15, 0.2) is 158 Å². The van der Waals surface area contributed by atoms with Crippen LogP contribution in [0.3, 0.4) is 0 Å². The molecule has 0 amide bonds. The van der Waals surface area contributed by atoms with Crippen LogP contribution in [-0.4, -0.2) is 0 Å². The zero-order chi connectivity index (χ0) is 33.9. The first kappa shape index (κ1) is 28.5. The summed E-state index contributed by atoms with van der Waals surface area (Å²) < 4.78 is 15.8. The summed E-state index contributed by atoms with van der Waals surface area (Å²) in [5, 5.41) is 7.31. The molecule has 0 spiro atoms. The van der Waals surface area contributed by atoms with Crippen LogP contribution in [0.1, 0.15) is 0 Å². The SMILES string of the molecule is c1ccc2sc(-c3ccc4c5c(cccc35)Oc3ccc(-c5ccc6c(c5)-c5ccc(-c7cc8ccccc8s7)c7cccc(c57)O6)cc3-4)cc2c1.